The summed E-state index contributed by atoms with van der Waals surface area (Å²) in [7, 11) is 2.22. The van der Waals surface area contributed by atoms with E-state index in [0.29, 0.717) is 0 Å². The summed E-state index contributed by atoms with van der Waals surface area (Å²) in [4.78, 5) is 5.01. The average Bonchev–Trinajstić information content (AvgIpc) is 2.91. The van der Waals surface area contributed by atoms with Crippen LogP contribution in [0.2, 0.25) is 0 Å². The van der Waals surface area contributed by atoms with E-state index in [2.05, 4.69) is 70.8 Å². The Balaban J connectivity index is 1.81. The molecule has 3 nitrogen and oxygen atoms in total. The Morgan fingerprint density at radius 2 is 1.61 bits per heavy atom. The second-order valence-electron chi connectivity index (χ2n) is 6.65. The van der Waals surface area contributed by atoms with Crippen LogP contribution in [-0.2, 0) is 13.1 Å². The third kappa shape index (κ3) is 2.54. The molecule has 1 aliphatic heterocycles. The molecule has 2 heterocycles. The number of nitrogens with zero attached hydrogens (tertiary/aromatic N) is 3. The Morgan fingerprint density at radius 1 is 0.870 bits per heavy atom. The van der Waals surface area contributed by atoms with E-state index in [-0.39, 0.29) is 0 Å². The first kappa shape index (κ1) is 14.7. The summed E-state index contributed by atoms with van der Waals surface area (Å²) in [5.74, 6) is 0. The third-order valence-electron chi connectivity index (χ3n) is 5.19. The molecule has 1 saturated heterocycles. The number of likely N-dealkylation sites (N-methyl/N-ethyl adjacent to an activating group) is 1. The first-order chi connectivity index (χ1) is 11.3. The minimum Gasteiger partial charge on any atom is -0.341 e. The SMILES string of the molecule is CCn1c2ccccc2c2c(CN3CCN(C)CC3)cccc21. The topological polar surface area (TPSA) is 11.4 Å². The Kier molecular flexibility index (Phi) is 3.83. The van der Waals surface area contributed by atoms with Crippen LogP contribution >= 0.6 is 0 Å². The van der Waals surface area contributed by atoms with E-state index in [1.54, 1.807) is 0 Å². The van der Waals surface area contributed by atoms with Gasteiger partial charge in [-0.15, -0.1) is 0 Å². The molecule has 0 aliphatic carbocycles. The van der Waals surface area contributed by atoms with Gasteiger partial charge in [-0.25, -0.2) is 0 Å². The third-order valence-corrected chi connectivity index (χ3v) is 5.19. The number of rotatable bonds is 3. The van der Waals surface area contributed by atoms with Crippen molar-refractivity contribution in [2.45, 2.75) is 20.0 Å². The van der Waals surface area contributed by atoms with Gasteiger partial charge in [0.15, 0.2) is 0 Å². The molecule has 0 saturated carbocycles. The van der Waals surface area contributed by atoms with E-state index in [9.17, 15) is 0 Å². The molecule has 0 amide bonds. The quantitative estimate of drug-likeness (QED) is 0.733. The molecule has 23 heavy (non-hydrogen) atoms. The number of hydrogen-bond acceptors (Lipinski definition) is 2. The molecule has 2 aromatic carbocycles. The Morgan fingerprint density at radius 3 is 2.39 bits per heavy atom. The van der Waals surface area contributed by atoms with E-state index < -0.39 is 0 Å². The second kappa shape index (κ2) is 5.99. The van der Waals surface area contributed by atoms with Gasteiger partial charge in [-0.3, -0.25) is 4.90 Å². The zero-order chi connectivity index (χ0) is 15.8. The maximum absolute atomic E-state index is 2.59. The minimum absolute atomic E-state index is 1.02. The molecule has 0 radical (unpaired) electrons. The van der Waals surface area contributed by atoms with Crippen molar-refractivity contribution >= 4 is 21.8 Å². The average molecular weight is 307 g/mol. The summed E-state index contributed by atoms with van der Waals surface area (Å²) < 4.78 is 2.44. The summed E-state index contributed by atoms with van der Waals surface area (Å²) in [6.45, 7) is 8.99. The van der Waals surface area contributed by atoms with Gasteiger partial charge in [-0.05, 0) is 31.7 Å². The van der Waals surface area contributed by atoms with E-state index in [0.717, 1.165) is 13.1 Å². The van der Waals surface area contributed by atoms with Crippen molar-refractivity contribution in [2.24, 2.45) is 0 Å². The molecule has 3 heteroatoms. The minimum atomic E-state index is 1.02. The smallest absolute Gasteiger partial charge is 0.0494 e. The molecule has 120 valence electrons. The van der Waals surface area contributed by atoms with Gasteiger partial charge in [0.1, 0.15) is 0 Å². The summed E-state index contributed by atoms with van der Waals surface area (Å²) in [5, 5.41) is 2.85. The summed E-state index contributed by atoms with van der Waals surface area (Å²) in [6.07, 6.45) is 0. The van der Waals surface area contributed by atoms with Gasteiger partial charge in [-0.1, -0.05) is 30.3 Å². The Labute approximate surface area is 138 Å². The fourth-order valence-electron chi connectivity index (χ4n) is 3.89. The first-order valence-electron chi connectivity index (χ1n) is 8.67. The lowest BCUT2D eigenvalue weighted by Gasteiger charge is -2.32. The van der Waals surface area contributed by atoms with Gasteiger partial charge in [0.25, 0.3) is 0 Å². The van der Waals surface area contributed by atoms with Gasteiger partial charge in [0.2, 0.25) is 0 Å². The van der Waals surface area contributed by atoms with Crippen molar-refractivity contribution in [3.05, 3.63) is 48.0 Å². The summed E-state index contributed by atoms with van der Waals surface area (Å²) >= 11 is 0. The zero-order valence-electron chi connectivity index (χ0n) is 14.1. The van der Waals surface area contributed by atoms with Gasteiger partial charge < -0.3 is 9.47 Å². The lowest BCUT2D eigenvalue weighted by atomic mass is 10.1. The van der Waals surface area contributed by atoms with E-state index in [1.807, 2.05) is 0 Å². The van der Waals surface area contributed by atoms with Crippen molar-refractivity contribution in [1.29, 1.82) is 0 Å². The molecule has 1 aromatic heterocycles. The second-order valence-corrected chi connectivity index (χ2v) is 6.65. The normalized spacial score (nSPS) is 17.3. The molecule has 3 aromatic rings. The number of fused-ring (bicyclic) bond motifs is 3. The number of aryl methyl sites for hydroxylation is 1. The van der Waals surface area contributed by atoms with Gasteiger partial charge >= 0.3 is 0 Å². The largest absolute Gasteiger partial charge is 0.341 e. The highest BCUT2D eigenvalue weighted by Crippen LogP contribution is 2.32. The molecule has 0 spiro atoms. The molecular formula is C20H25N3. The van der Waals surface area contributed by atoms with Crippen LogP contribution in [-0.4, -0.2) is 47.6 Å². The lowest BCUT2D eigenvalue weighted by molar-refractivity contribution is 0.148. The summed E-state index contributed by atoms with van der Waals surface area (Å²) in [6, 6.07) is 15.6. The first-order valence-corrected chi connectivity index (χ1v) is 8.67. The van der Waals surface area contributed by atoms with Crippen LogP contribution in [0.5, 0.6) is 0 Å². The molecule has 1 aliphatic rings. The Bertz CT molecular complexity index is 825. The van der Waals surface area contributed by atoms with Gasteiger partial charge in [0.05, 0.1) is 0 Å². The predicted molar refractivity (Wildman–Crippen MR) is 97.9 cm³/mol. The zero-order valence-corrected chi connectivity index (χ0v) is 14.1. The molecule has 1 fully saturated rings. The van der Waals surface area contributed by atoms with Gasteiger partial charge in [-0.2, -0.15) is 0 Å². The highest BCUT2D eigenvalue weighted by atomic mass is 15.2. The number of aromatic nitrogens is 1. The molecule has 0 bridgehead atoms. The predicted octanol–water partition coefficient (Wildman–Crippen LogP) is 3.56. The summed E-state index contributed by atoms with van der Waals surface area (Å²) in [5.41, 5.74) is 4.20. The van der Waals surface area contributed by atoms with Crippen LogP contribution < -0.4 is 0 Å². The van der Waals surface area contributed by atoms with Crippen molar-refractivity contribution in [2.75, 3.05) is 33.2 Å². The number of hydrogen-bond donors (Lipinski definition) is 0. The maximum atomic E-state index is 2.59. The van der Waals surface area contributed by atoms with Crippen LogP contribution in [0.3, 0.4) is 0 Å². The van der Waals surface area contributed by atoms with E-state index >= 15 is 0 Å². The lowest BCUT2D eigenvalue weighted by Crippen LogP contribution is -2.43. The fourth-order valence-corrected chi connectivity index (χ4v) is 3.89. The van der Waals surface area contributed by atoms with Crippen molar-refractivity contribution in [3.63, 3.8) is 0 Å². The monoisotopic (exact) mass is 307 g/mol. The molecule has 0 unspecified atom stereocenters. The van der Waals surface area contributed by atoms with Crippen LogP contribution in [0.4, 0.5) is 0 Å². The van der Waals surface area contributed by atoms with Gasteiger partial charge in [0, 0.05) is 61.1 Å². The van der Waals surface area contributed by atoms with E-state index in [1.165, 1.54) is 53.5 Å². The van der Waals surface area contributed by atoms with E-state index in [4.69, 9.17) is 0 Å². The maximum Gasteiger partial charge on any atom is 0.0494 e. The van der Waals surface area contributed by atoms with Crippen LogP contribution in [0.25, 0.3) is 21.8 Å². The number of piperazine rings is 1. The van der Waals surface area contributed by atoms with Crippen molar-refractivity contribution in [1.82, 2.24) is 14.4 Å². The standard InChI is InChI=1S/C20H25N3/c1-3-23-18-9-5-4-8-17(18)20-16(7-6-10-19(20)23)15-22-13-11-21(2)12-14-22/h4-10H,3,11-15H2,1-2H3. The number of benzene rings is 2. The molecular weight excluding hydrogens is 282 g/mol. The fraction of sp³-hybridized carbons (Fsp3) is 0.400. The van der Waals surface area contributed by atoms with Crippen LogP contribution in [0, 0.1) is 0 Å². The van der Waals surface area contributed by atoms with Crippen LogP contribution in [0.1, 0.15) is 12.5 Å². The molecule has 0 atom stereocenters. The number of para-hydroxylation sites is 1. The Hall–Kier alpha value is -1.84. The molecule has 0 N–H and O–H groups in total. The van der Waals surface area contributed by atoms with Crippen molar-refractivity contribution in [3.8, 4) is 0 Å². The van der Waals surface area contributed by atoms with Crippen molar-refractivity contribution < 1.29 is 0 Å². The highest BCUT2D eigenvalue weighted by Gasteiger charge is 2.17. The molecule has 4 rings (SSSR count). The highest BCUT2D eigenvalue weighted by molar-refractivity contribution is 6.09. The van der Waals surface area contributed by atoms with Crippen LogP contribution in [0.15, 0.2) is 42.5 Å².